The molecule has 0 atom stereocenters. The van der Waals surface area contributed by atoms with Crippen molar-refractivity contribution in [3.63, 3.8) is 0 Å². The number of hydrogen-bond acceptors (Lipinski definition) is 4. The van der Waals surface area contributed by atoms with E-state index in [1.165, 1.54) is 0 Å². The summed E-state index contributed by atoms with van der Waals surface area (Å²) in [5, 5.41) is 6.41. The molecule has 1 aromatic heterocycles. The van der Waals surface area contributed by atoms with Crippen molar-refractivity contribution in [2.24, 2.45) is 0 Å². The van der Waals surface area contributed by atoms with Crippen molar-refractivity contribution in [2.75, 3.05) is 12.4 Å². The first-order valence-electron chi connectivity index (χ1n) is 5.91. The lowest BCUT2D eigenvalue weighted by Crippen LogP contribution is -2.14. The van der Waals surface area contributed by atoms with Crippen LogP contribution in [-0.4, -0.2) is 18.2 Å². The minimum Gasteiger partial charge on any atom is -0.496 e. The average molecular weight is 260 g/mol. The van der Waals surface area contributed by atoms with Gasteiger partial charge < -0.3 is 14.6 Å². The Morgan fingerprint density at radius 3 is 2.47 bits per heavy atom. The molecule has 0 radical (unpaired) electrons. The van der Waals surface area contributed by atoms with E-state index in [1.807, 2.05) is 19.9 Å². The number of aromatic nitrogens is 1. The summed E-state index contributed by atoms with van der Waals surface area (Å²) in [5.74, 6) is 1.30. The molecule has 0 fully saturated rings. The van der Waals surface area contributed by atoms with Gasteiger partial charge in [0.2, 0.25) is 0 Å². The van der Waals surface area contributed by atoms with E-state index in [0.29, 0.717) is 22.9 Å². The van der Waals surface area contributed by atoms with E-state index in [-0.39, 0.29) is 5.91 Å². The fourth-order valence-corrected chi connectivity index (χ4v) is 1.74. The molecule has 0 aliphatic heterocycles. The van der Waals surface area contributed by atoms with E-state index in [9.17, 15) is 4.79 Å². The molecule has 0 saturated heterocycles. The third-order valence-corrected chi connectivity index (χ3v) is 2.93. The molecular weight excluding hydrogens is 244 g/mol. The maximum atomic E-state index is 12.2. The Labute approximate surface area is 111 Å². The largest absolute Gasteiger partial charge is 0.496 e. The molecule has 2 aromatic rings. The Morgan fingerprint density at radius 2 is 1.89 bits per heavy atom. The van der Waals surface area contributed by atoms with Crippen LogP contribution in [0.5, 0.6) is 5.75 Å². The highest BCUT2D eigenvalue weighted by Gasteiger charge is 2.15. The van der Waals surface area contributed by atoms with Gasteiger partial charge >= 0.3 is 0 Å². The maximum absolute atomic E-state index is 12.2. The van der Waals surface area contributed by atoms with E-state index in [4.69, 9.17) is 9.26 Å². The second kappa shape index (κ2) is 5.14. The van der Waals surface area contributed by atoms with E-state index < -0.39 is 0 Å². The van der Waals surface area contributed by atoms with Gasteiger partial charge in [0.05, 0.1) is 12.7 Å². The highest BCUT2D eigenvalue weighted by atomic mass is 16.5. The molecule has 1 heterocycles. The lowest BCUT2D eigenvalue weighted by atomic mass is 10.0. The van der Waals surface area contributed by atoms with Crippen molar-refractivity contribution in [2.45, 2.75) is 20.8 Å². The molecule has 100 valence electrons. The van der Waals surface area contributed by atoms with Gasteiger partial charge in [0.25, 0.3) is 5.91 Å². The number of nitrogens with zero attached hydrogens (tertiary/aromatic N) is 1. The number of benzene rings is 1. The maximum Gasteiger partial charge on any atom is 0.260 e. The van der Waals surface area contributed by atoms with Crippen molar-refractivity contribution >= 4 is 11.7 Å². The first-order chi connectivity index (χ1) is 9.01. The minimum atomic E-state index is -0.270. The highest BCUT2D eigenvalue weighted by Crippen LogP contribution is 2.24. The van der Waals surface area contributed by atoms with Crippen molar-refractivity contribution in [1.29, 1.82) is 0 Å². The molecule has 1 N–H and O–H groups in total. The number of anilines is 1. The van der Waals surface area contributed by atoms with Crippen LogP contribution in [-0.2, 0) is 0 Å². The van der Waals surface area contributed by atoms with E-state index in [2.05, 4.69) is 10.5 Å². The lowest BCUT2D eigenvalue weighted by Gasteiger charge is -2.10. The van der Waals surface area contributed by atoms with Gasteiger partial charge in [-0.25, -0.2) is 0 Å². The number of carbonyl (C=O) groups excluding carboxylic acids is 1. The van der Waals surface area contributed by atoms with Gasteiger partial charge in [-0.05, 0) is 44.0 Å². The number of nitrogens with one attached hydrogen (secondary N) is 1. The fourth-order valence-electron chi connectivity index (χ4n) is 1.74. The number of aryl methyl sites for hydroxylation is 3. The molecule has 0 aliphatic carbocycles. The molecular formula is C14H16N2O3. The minimum absolute atomic E-state index is 0.270. The molecule has 19 heavy (non-hydrogen) atoms. The van der Waals surface area contributed by atoms with Gasteiger partial charge in [0.1, 0.15) is 11.5 Å². The van der Waals surface area contributed by atoms with Crippen LogP contribution < -0.4 is 10.1 Å². The summed E-state index contributed by atoms with van der Waals surface area (Å²) in [4.78, 5) is 12.2. The Kier molecular flexibility index (Phi) is 3.55. The van der Waals surface area contributed by atoms with E-state index >= 15 is 0 Å². The summed E-state index contributed by atoms with van der Waals surface area (Å²) in [6.07, 6.45) is 0. The van der Waals surface area contributed by atoms with Crippen LogP contribution in [0, 0.1) is 20.8 Å². The Bertz CT molecular complexity index is 617. The topological polar surface area (TPSA) is 64.4 Å². The number of rotatable bonds is 3. The Morgan fingerprint density at radius 1 is 1.21 bits per heavy atom. The molecule has 5 nitrogen and oxygen atoms in total. The van der Waals surface area contributed by atoms with Crippen LogP contribution >= 0.6 is 0 Å². The number of carbonyl (C=O) groups is 1. The number of hydrogen-bond donors (Lipinski definition) is 1. The van der Waals surface area contributed by atoms with Gasteiger partial charge in [-0.3, -0.25) is 4.79 Å². The molecule has 1 aromatic carbocycles. The number of ether oxygens (including phenoxy) is 1. The molecule has 0 bridgehead atoms. The predicted octanol–water partition coefficient (Wildman–Crippen LogP) is 2.86. The molecule has 1 amide bonds. The summed E-state index contributed by atoms with van der Waals surface area (Å²) < 4.78 is 10.1. The zero-order valence-corrected chi connectivity index (χ0v) is 11.4. The van der Waals surface area contributed by atoms with Crippen LogP contribution in [0.1, 0.15) is 27.2 Å². The highest BCUT2D eigenvalue weighted by molar-refractivity contribution is 6.06. The summed E-state index contributed by atoms with van der Waals surface area (Å²) in [6.45, 7) is 5.69. The number of amides is 1. The van der Waals surface area contributed by atoms with Gasteiger partial charge in [0.15, 0.2) is 5.82 Å². The zero-order chi connectivity index (χ0) is 14.0. The van der Waals surface area contributed by atoms with Gasteiger partial charge in [-0.15, -0.1) is 0 Å². The van der Waals surface area contributed by atoms with Crippen LogP contribution in [0.4, 0.5) is 5.82 Å². The van der Waals surface area contributed by atoms with Crippen LogP contribution in [0.15, 0.2) is 22.7 Å². The van der Waals surface area contributed by atoms with E-state index in [0.717, 1.165) is 11.1 Å². The van der Waals surface area contributed by atoms with Crippen molar-refractivity contribution in [3.05, 3.63) is 40.6 Å². The molecule has 0 saturated carbocycles. The van der Waals surface area contributed by atoms with Gasteiger partial charge in [-0.1, -0.05) is 5.16 Å². The molecule has 0 aliphatic rings. The monoisotopic (exact) mass is 260 g/mol. The fraction of sp³-hybridized carbons (Fsp3) is 0.286. The van der Waals surface area contributed by atoms with Crippen molar-refractivity contribution in [1.82, 2.24) is 5.16 Å². The van der Waals surface area contributed by atoms with Crippen LogP contribution in [0.3, 0.4) is 0 Å². The summed E-state index contributed by atoms with van der Waals surface area (Å²) >= 11 is 0. The van der Waals surface area contributed by atoms with Crippen molar-refractivity contribution < 1.29 is 14.1 Å². The normalized spacial score (nSPS) is 10.3. The summed E-state index contributed by atoms with van der Waals surface area (Å²) in [7, 11) is 1.54. The van der Waals surface area contributed by atoms with Crippen LogP contribution in [0.25, 0.3) is 0 Å². The second-order valence-electron chi connectivity index (χ2n) is 4.41. The third-order valence-electron chi connectivity index (χ3n) is 2.93. The molecule has 0 unspecified atom stereocenters. The average Bonchev–Trinajstić information content (AvgIpc) is 2.77. The first-order valence-corrected chi connectivity index (χ1v) is 5.91. The summed E-state index contributed by atoms with van der Waals surface area (Å²) in [6, 6.07) is 5.31. The predicted molar refractivity (Wildman–Crippen MR) is 71.7 cm³/mol. The molecule has 5 heteroatoms. The molecule has 0 spiro atoms. The van der Waals surface area contributed by atoms with Gasteiger partial charge in [-0.2, -0.15) is 0 Å². The van der Waals surface area contributed by atoms with Crippen molar-refractivity contribution in [3.8, 4) is 5.75 Å². The van der Waals surface area contributed by atoms with Gasteiger partial charge in [0, 0.05) is 6.07 Å². The second-order valence-corrected chi connectivity index (χ2v) is 4.41. The quantitative estimate of drug-likeness (QED) is 0.921. The van der Waals surface area contributed by atoms with E-state index in [1.54, 1.807) is 26.2 Å². The number of methoxy groups -OCH3 is 1. The Balaban J connectivity index is 2.30. The summed E-state index contributed by atoms with van der Waals surface area (Å²) in [5.41, 5.74) is 2.58. The first kappa shape index (κ1) is 13.1. The third kappa shape index (κ3) is 2.76. The SMILES string of the molecule is COc1cc(C)c(C)cc1C(=O)Nc1cc(C)on1. The Hall–Kier alpha value is -2.30. The smallest absolute Gasteiger partial charge is 0.260 e. The molecule has 2 rings (SSSR count). The van der Waals surface area contributed by atoms with Crippen LogP contribution in [0.2, 0.25) is 0 Å². The zero-order valence-electron chi connectivity index (χ0n) is 11.4. The standard InChI is InChI=1S/C14H16N2O3/c1-8-5-11(12(18-4)6-9(8)2)14(17)15-13-7-10(3)19-16-13/h5-7H,1-4H3,(H,15,16,17). The lowest BCUT2D eigenvalue weighted by molar-refractivity contribution is 0.102.